The minimum Gasteiger partial charge on any atom is -0.493 e. The zero-order chi connectivity index (χ0) is 13.1. The highest BCUT2D eigenvalue weighted by Gasteiger charge is 2.22. The number of likely N-dealkylation sites (N-methyl/N-ethyl adjacent to an activating group) is 1. The molecular formula is C13H20BrClN2O2. The topological polar surface area (TPSA) is 33.7 Å². The SMILES string of the molecule is COc1cc(Br)c(CN(C)C2CNC2)cc1OC.Cl. The van der Waals surface area contributed by atoms with E-state index in [1.165, 1.54) is 5.56 Å². The predicted octanol–water partition coefficient (Wildman–Crippen LogP) is 2.29. The lowest BCUT2D eigenvalue weighted by molar-refractivity contribution is 0.172. The van der Waals surface area contributed by atoms with E-state index in [0.717, 1.165) is 35.6 Å². The molecule has 6 heteroatoms. The zero-order valence-electron chi connectivity index (χ0n) is 11.4. The summed E-state index contributed by atoms with van der Waals surface area (Å²) in [6.45, 7) is 3.04. The van der Waals surface area contributed by atoms with Crippen molar-refractivity contribution >= 4 is 28.3 Å². The van der Waals surface area contributed by atoms with Gasteiger partial charge in [-0.3, -0.25) is 4.90 Å². The fraction of sp³-hybridized carbons (Fsp3) is 0.538. The van der Waals surface area contributed by atoms with E-state index in [9.17, 15) is 0 Å². The van der Waals surface area contributed by atoms with Crippen LogP contribution in [0, 0.1) is 0 Å². The normalized spacial score (nSPS) is 14.8. The molecule has 1 aromatic carbocycles. The Hall–Kier alpha value is -0.490. The molecule has 1 aromatic rings. The largest absolute Gasteiger partial charge is 0.493 e. The predicted molar refractivity (Wildman–Crippen MR) is 82.6 cm³/mol. The third-order valence-electron chi connectivity index (χ3n) is 3.36. The van der Waals surface area contributed by atoms with Crippen molar-refractivity contribution in [3.05, 3.63) is 22.2 Å². The van der Waals surface area contributed by atoms with E-state index < -0.39 is 0 Å². The Balaban J connectivity index is 0.00000180. The lowest BCUT2D eigenvalue weighted by Gasteiger charge is -2.35. The van der Waals surface area contributed by atoms with Crippen LogP contribution in [0.3, 0.4) is 0 Å². The standard InChI is InChI=1S/C13H19BrN2O2.ClH/c1-16(10-6-15-7-10)8-9-4-12(17-2)13(18-3)5-11(9)14;/h4-5,10,15H,6-8H2,1-3H3;1H. The Bertz CT molecular complexity index is 427. The lowest BCUT2D eigenvalue weighted by Crippen LogP contribution is -2.55. The molecule has 0 amide bonds. The minimum absolute atomic E-state index is 0. The van der Waals surface area contributed by atoms with Crippen molar-refractivity contribution in [2.24, 2.45) is 0 Å². The van der Waals surface area contributed by atoms with Crippen LogP contribution in [0.2, 0.25) is 0 Å². The molecule has 0 spiro atoms. The maximum atomic E-state index is 5.34. The van der Waals surface area contributed by atoms with Gasteiger partial charge in [-0.2, -0.15) is 0 Å². The molecule has 1 aliphatic heterocycles. The Morgan fingerprint density at radius 3 is 2.32 bits per heavy atom. The molecule has 0 atom stereocenters. The van der Waals surface area contributed by atoms with Crippen molar-refractivity contribution in [2.45, 2.75) is 12.6 Å². The second kappa shape index (κ2) is 7.33. The second-order valence-electron chi connectivity index (χ2n) is 4.53. The van der Waals surface area contributed by atoms with Gasteiger partial charge >= 0.3 is 0 Å². The van der Waals surface area contributed by atoms with Crippen LogP contribution in [0.15, 0.2) is 16.6 Å². The van der Waals surface area contributed by atoms with E-state index in [4.69, 9.17) is 9.47 Å². The van der Waals surface area contributed by atoms with Gasteiger partial charge in [0.2, 0.25) is 0 Å². The third-order valence-corrected chi connectivity index (χ3v) is 4.09. The summed E-state index contributed by atoms with van der Waals surface area (Å²) in [5, 5.41) is 3.29. The summed E-state index contributed by atoms with van der Waals surface area (Å²) in [6, 6.07) is 4.62. The first-order valence-corrected chi connectivity index (χ1v) is 6.76. The fourth-order valence-electron chi connectivity index (χ4n) is 2.00. The number of halogens is 2. The van der Waals surface area contributed by atoms with E-state index in [1.54, 1.807) is 14.2 Å². The van der Waals surface area contributed by atoms with Crippen LogP contribution in [-0.4, -0.2) is 45.3 Å². The van der Waals surface area contributed by atoms with Crippen LogP contribution in [-0.2, 0) is 6.54 Å². The van der Waals surface area contributed by atoms with Crippen LogP contribution in [0.25, 0.3) is 0 Å². The van der Waals surface area contributed by atoms with Gasteiger partial charge in [-0.25, -0.2) is 0 Å². The summed E-state index contributed by atoms with van der Waals surface area (Å²) in [4.78, 5) is 2.35. The van der Waals surface area contributed by atoms with Crippen LogP contribution in [0.5, 0.6) is 11.5 Å². The number of methoxy groups -OCH3 is 2. The number of rotatable bonds is 5. The number of hydrogen-bond acceptors (Lipinski definition) is 4. The molecule has 4 nitrogen and oxygen atoms in total. The molecule has 1 N–H and O–H groups in total. The van der Waals surface area contributed by atoms with Crippen LogP contribution in [0.4, 0.5) is 0 Å². The summed E-state index contributed by atoms with van der Waals surface area (Å²) in [7, 11) is 5.46. The number of ether oxygens (including phenoxy) is 2. The maximum Gasteiger partial charge on any atom is 0.161 e. The molecule has 1 fully saturated rings. The van der Waals surface area contributed by atoms with Crippen LogP contribution < -0.4 is 14.8 Å². The Kier molecular flexibility index (Phi) is 6.39. The van der Waals surface area contributed by atoms with Crippen molar-refractivity contribution in [3.8, 4) is 11.5 Å². The smallest absolute Gasteiger partial charge is 0.161 e. The van der Waals surface area contributed by atoms with Crippen molar-refractivity contribution in [2.75, 3.05) is 34.4 Å². The van der Waals surface area contributed by atoms with Gasteiger partial charge < -0.3 is 14.8 Å². The molecule has 0 unspecified atom stereocenters. The number of hydrogen-bond donors (Lipinski definition) is 1. The van der Waals surface area contributed by atoms with E-state index >= 15 is 0 Å². The van der Waals surface area contributed by atoms with Gasteiger partial charge in [-0.05, 0) is 24.7 Å². The molecular weight excluding hydrogens is 332 g/mol. The van der Waals surface area contributed by atoms with Gasteiger partial charge in [0.25, 0.3) is 0 Å². The van der Waals surface area contributed by atoms with Crippen molar-refractivity contribution in [3.63, 3.8) is 0 Å². The quantitative estimate of drug-likeness (QED) is 0.882. The highest BCUT2D eigenvalue weighted by atomic mass is 79.9. The molecule has 0 aliphatic carbocycles. The maximum absolute atomic E-state index is 5.34. The Morgan fingerprint density at radius 1 is 1.26 bits per heavy atom. The fourth-order valence-corrected chi connectivity index (χ4v) is 2.45. The van der Waals surface area contributed by atoms with Gasteiger partial charge in [0.15, 0.2) is 11.5 Å². The zero-order valence-corrected chi connectivity index (χ0v) is 13.8. The molecule has 0 bridgehead atoms. The summed E-state index contributed by atoms with van der Waals surface area (Å²) < 4.78 is 11.7. The van der Waals surface area contributed by atoms with E-state index in [2.05, 4.69) is 33.2 Å². The van der Waals surface area contributed by atoms with E-state index in [-0.39, 0.29) is 12.4 Å². The van der Waals surface area contributed by atoms with Crippen molar-refractivity contribution in [1.82, 2.24) is 10.2 Å². The van der Waals surface area contributed by atoms with Gasteiger partial charge in [0.1, 0.15) is 0 Å². The molecule has 0 aromatic heterocycles. The number of benzene rings is 1. The highest BCUT2D eigenvalue weighted by molar-refractivity contribution is 9.10. The average molecular weight is 352 g/mol. The average Bonchev–Trinajstić information content (AvgIpc) is 2.28. The van der Waals surface area contributed by atoms with Crippen LogP contribution in [0.1, 0.15) is 5.56 Å². The first-order chi connectivity index (χ1) is 8.65. The van der Waals surface area contributed by atoms with Gasteiger partial charge in [0.05, 0.1) is 14.2 Å². The molecule has 19 heavy (non-hydrogen) atoms. The number of nitrogens with zero attached hydrogens (tertiary/aromatic N) is 1. The first-order valence-electron chi connectivity index (χ1n) is 5.97. The van der Waals surface area contributed by atoms with Gasteiger partial charge in [0, 0.05) is 30.1 Å². The van der Waals surface area contributed by atoms with Crippen LogP contribution >= 0.6 is 28.3 Å². The summed E-state index contributed by atoms with van der Waals surface area (Å²) >= 11 is 3.59. The number of nitrogens with one attached hydrogen (secondary N) is 1. The summed E-state index contributed by atoms with van der Waals surface area (Å²) in [5.41, 5.74) is 1.21. The first kappa shape index (κ1) is 16.6. The molecule has 0 radical (unpaired) electrons. The molecule has 1 aliphatic rings. The minimum atomic E-state index is 0. The lowest BCUT2D eigenvalue weighted by atomic mass is 10.1. The van der Waals surface area contributed by atoms with E-state index in [1.807, 2.05) is 12.1 Å². The Morgan fingerprint density at radius 2 is 1.84 bits per heavy atom. The summed E-state index contributed by atoms with van der Waals surface area (Å²) in [6.07, 6.45) is 0. The molecule has 108 valence electrons. The molecule has 0 saturated carbocycles. The van der Waals surface area contributed by atoms with Crippen molar-refractivity contribution < 1.29 is 9.47 Å². The second-order valence-corrected chi connectivity index (χ2v) is 5.38. The molecule has 1 heterocycles. The van der Waals surface area contributed by atoms with Gasteiger partial charge in [-0.1, -0.05) is 15.9 Å². The summed E-state index contributed by atoms with van der Waals surface area (Å²) in [5.74, 6) is 1.52. The van der Waals surface area contributed by atoms with Crippen molar-refractivity contribution in [1.29, 1.82) is 0 Å². The molecule has 1 saturated heterocycles. The highest BCUT2D eigenvalue weighted by Crippen LogP contribution is 2.33. The Labute approximate surface area is 129 Å². The third kappa shape index (κ3) is 3.75. The molecule has 2 rings (SSSR count). The van der Waals surface area contributed by atoms with Gasteiger partial charge in [-0.15, -0.1) is 12.4 Å². The van der Waals surface area contributed by atoms with E-state index in [0.29, 0.717) is 6.04 Å². The monoisotopic (exact) mass is 350 g/mol.